The summed E-state index contributed by atoms with van der Waals surface area (Å²) in [5, 5.41) is 0. The summed E-state index contributed by atoms with van der Waals surface area (Å²) in [7, 11) is 0. The van der Waals surface area contributed by atoms with Crippen LogP contribution in [0.1, 0.15) is 239 Å². The highest BCUT2D eigenvalue weighted by molar-refractivity contribution is 5.71. The van der Waals surface area contributed by atoms with E-state index in [0.29, 0.717) is 19.3 Å². The number of carbonyl (C=O) groups is 3. The van der Waals surface area contributed by atoms with Crippen molar-refractivity contribution in [2.24, 2.45) is 0 Å². The van der Waals surface area contributed by atoms with Gasteiger partial charge in [-0.1, -0.05) is 214 Å². The number of hydrogen-bond acceptors (Lipinski definition) is 6. The molecule has 0 aromatic carbocycles. The SMILES string of the molecule is CC/C=C\C/C=C\C/C=C\C/C=C\C/C=C\C/C=C\CCC(=O)OCC(COC(=O)CCCCCCC/C=C\CCCCCC)OC(=O)CCCCCCCCC/C=C\C/C=C\CCCCC. The first kappa shape index (κ1) is 63.1. The predicted octanol–water partition coefficient (Wildman–Crippen LogP) is 18.3. The molecule has 1 unspecified atom stereocenters. The van der Waals surface area contributed by atoms with Crippen LogP contribution >= 0.6 is 0 Å². The third-order valence-electron chi connectivity index (χ3n) is 11.2. The molecule has 0 N–H and O–H groups in total. The lowest BCUT2D eigenvalue weighted by Crippen LogP contribution is -2.30. The summed E-state index contributed by atoms with van der Waals surface area (Å²) in [4.78, 5) is 38.0. The molecule has 0 amide bonds. The summed E-state index contributed by atoms with van der Waals surface area (Å²) in [6.07, 6.45) is 73.7. The van der Waals surface area contributed by atoms with E-state index in [-0.39, 0.29) is 37.5 Å². The maximum Gasteiger partial charge on any atom is 0.306 e. The Kier molecular flexibility index (Phi) is 51.5. The maximum atomic E-state index is 12.8. The molecule has 0 rings (SSSR count). The number of ether oxygens (including phenoxy) is 3. The summed E-state index contributed by atoms with van der Waals surface area (Å²) in [5.74, 6) is -1.02. The van der Waals surface area contributed by atoms with Gasteiger partial charge in [0.25, 0.3) is 0 Å². The van der Waals surface area contributed by atoms with Gasteiger partial charge >= 0.3 is 17.9 Å². The maximum absolute atomic E-state index is 12.8. The summed E-state index contributed by atoms with van der Waals surface area (Å²) in [6.45, 7) is 6.40. The van der Waals surface area contributed by atoms with E-state index in [0.717, 1.165) is 103 Å². The van der Waals surface area contributed by atoms with Gasteiger partial charge in [-0.05, 0) is 116 Å². The molecule has 0 heterocycles. The van der Waals surface area contributed by atoms with Crippen molar-refractivity contribution in [2.45, 2.75) is 245 Å². The van der Waals surface area contributed by atoms with Crippen LogP contribution in [0.15, 0.2) is 109 Å². The summed E-state index contributed by atoms with van der Waals surface area (Å²) in [6, 6.07) is 0. The van der Waals surface area contributed by atoms with Crippen molar-refractivity contribution in [2.75, 3.05) is 13.2 Å². The largest absolute Gasteiger partial charge is 0.462 e. The molecule has 0 bridgehead atoms. The van der Waals surface area contributed by atoms with E-state index in [2.05, 4.69) is 124 Å². The number of hydrogen-bond donors (Lipinski definition) is 0. The highest BCUT2D eigenvalue weighted by Gasteiger charge is 2.19. The van der Waals surface area contributed by atoms with Crippen LogP contribution in [0.4, 0.5) is 0 Å². The number of allylic oxidation sites excluding steroid dienone is 18. The Labute approximate surface area is 412 Å². The van der Waals surface area contributed by atoms with E-state index < -0.39 is 6.10 Å². The molecule has 0 saturated heterocycles. The first-order valence-corrected chi connectivity index (χ1v) is 27.4. The van der Waals surface area contributed by atoms with Gasteiger partial charge in [-0.25, -0.2) is 0 Å². The Bertz CT molecular complexity index is 1390. The zero-order chi connectivity index (χ0) is 48.6. The van der Waals surface area contributed by atoms with Crippen molar-refractivity contribution in [3.8, 4) is 0 Å². The fourth-order valence-electron chi connectivity index (χ4n) is 7.14. The van der Waals surface area contributed by atoms with E-state index in [1.165, 1.54) is 89.9 Å². The lowest BCUT2D eigenvalue weighted by molar-refractivity contribution is -0.166. The number of rotatable bonds is 48. The van der Waals surface area contributed by atoms with E-state index in [4.69, 9.17) is 14.2 Å². The van der Waals surface area contributed by atoms with Gasteiger partial charge in [0, 0.05) is 19.3 Å². The first-order valence-electron chi connectivity index (χ1n) is 27.4. The minimum Gasteiger partial charge on any atom is -0.462 e. The molecule has 0 spiro atoms. The van der Waals surface area contributed by atoms with Crippen molar-refractivity contribution >= 4 is 17.9 Å². The van der Waals surface area contributed by atoms with Crippen LogP contribution in [-0.2, 0) is 28.6 Å². The zero-order valence-electron chi connectivity index (χ0n) is 43.4. The van der Waals surface area contributed by atoms with Gasteiger partial charge in [-0.3, -0.25) is 14.4 Å². The Morgan fingerprint density at radius 2 is 0.612 bits per heavy atom. The predicted molar refractivity (Wildman–Crippen MR) is 288 cm³/mol. The molecule has 380 valence electrons. The van der Waals surface area contributed by atoms with Gasteiger partial charge < -0.3 is 14.2 Å². The summed E-state index contributed by atoms with van der Waals surface area (Å²) < 4.78 is 16.7. The number of carbonyl (C=O) groups excluding carboxylic acids is 3. The van der Waals surface area contributed by atoms with Gasteiger partial charge in [0.15, 0.2) is 6.10 Å². The molecule has 0 aromatic rings. The van der Waals surface area contributed by atoms with Crippen LogP contribution in [-0.4, -0.2) is 37.2 Å². The molecule has 1 atom stereocenters. The molecule has 0 aliphatic carbocycles. The van der Waals surface area contributed by atoms with Crippen molar-refractivity contribution < 1.29 is 28.6 Å². The lowest BCUT2D eigenvalue weighted by Gasteiger charge is -2.18. The van der Waals surface area contributed by atoms with Crippen LogP contribution in [0.2, 0.25) is 0 Å². The molecule has 6 heteroatoms. The summed E-state index contributed by atoms with van der Waals surface area (Å²) >= 11 is 0. The monoisotopic (exact) mass is 929 g/mol. The average molecular weight is 929 g/mol. The summed E-state index contributed by atoms with van der Waals surface area (Å²) in [5.41, 5.74) is 0. The van der Waals surface area contributed by atoms with Crippen LogP contribution in [0.3, 0.4) is 0 Å². The third-order valence-corrected chi connectivity index (χ3v) is 11.2. The van der Waals surface area contributed by atoms with Gasteiger partial charge in [-0.2, -0.15) is 0 Å². The standard InChI is InChI=1S/C61H100O6/c1-4-7-10-13-16-19-22-25-27-29-30-32-33-36-39-42-45-48-51-54-60(63)66-57-58(56-65-59(62)53-50-47-44-41-38-35-24-21-18-15-12-9-6-3)67-61(64)55-52-49-46-43-40-37-34-31-28-26-23-20-17-14-11-8-5-2/h7,10,16-17,19-21,24-28,30,32,36,39,45,48,58H,4-6,8-9,11-15,18,22-23,29,31,33-35,37-38,40-44,46-47,49-57H2,1-3H3/b10-7-,19-16-,20-17-,24-21-,27-25-,28-26-,32-30-,39-36-,48-45-. The van der Waals surface area contributed by atoms with Crippen molar-refractivity contribution in [3.05, 3.63) is 109 Å². The topological polar surface area (TPSA) is 78.9 Å². The van der Waals surface area contributed by atoms with Gasteiger partial charge in [0.2, 0.25) is 0 Å². The first-order chi connectivity index (χ1) is 33.0. The fraction of sp³-hybridized carbons (Fsp3) is 0.656. The van der Waals surface area contributed by atoms with Crippen LogP contribution in [0, 0.1) is 0 Å². The molecular weight excluding hydrogens is 829 g/mol. The smallest absolute Gasteiger partial charge is 0.306 e. The Hall–Kier alpha value is -3.93. The van der Waals surface area contributed by atoms with Gasteiger partial charge in [0.1, 0.15) is 13.2 Å². The molecule has 67 heavy (non-hydrogen) atoms. The molecule has 0 aliphatic heterocycles. The molecule has 0 fully saturated rings. The molecule has 0 saturated carbocycles. The Morgan fingerprint density at radius 3 is 1.04 bits per heavy atom. The minimum atomic E-state index is -0.818. The number of unbranched alkanes of at least 4 members (excludes halogenated alkanes) is 19. The van der Waals surface area contributed by atoms with Crippen LogP contribution < -0.4 is 0 Å². The third kappa shape index (κ3) is 52.9. The minimum absolute atomic E-state index is 0.110. The number of esters is 3. The second-order valence-corrected chi connectivity index (χ2v) is 17.7. The fourth-order valence-corrected chi connectivity index (χ4v) is 7.14. The van der Waals surface area contributed by atoms with Crippen molar-refractivity contribution in [3.63, 3.8) is 0 Å². The average Bonchev–Trinajstić information content (AvgIpc) is 3.33. The molecular formula is C61H100O6. The second kappa shape index (κ2) is 54.7. The highest BCUT2D eigenvalue weighted by Crippen LogP contribution is 2.13. The van der Waals surface area contributed by atoms with E-state index in [9.17, 15) is 14.4 Å². The lowest BCUT2D eigenvalue weighted by atomic mass is 10.1. The van der Waals surface area contributed by atoms with E-state index in [1.54, 1.807) is 0 Å². The molecule has 0 aliphatic rings. The second-order valence-electron chi connectivity index (χ2n) is 17.7. The van der Waals surface area contributed by atoms with E-state index in [1.807, 2.05) is 6.08 Å². The zero-order valence-corrected chi connectivity index (χ0v) is 43.4. The van der Waals surface area contributed by atoms with Crippen molar-refractivity contribution in [1.29, 1.82) is 0 Å². The van der Waals surface area contributed by atoms with Gasteiger partial charge in [-0.15, -0.1) is 0 Å². The van der Waals surface area contributed by atoms with Gasteiger partial charge in [0.05, 0.1) is 0 Å². The molecule has 6 nitrogen and oxygen atoms in total. The van der Waals surface area contributed by atoms with Crippen LogP contribution in [0.25, 0.3) is 0 Å². The van der Waals surface area contributed by atoms with Crippen molar-refractivity contribution in [1.82, 2.24) is 0 Å². The van der Waals surface area contributed by atoms with E-state index >= 15 is 0 Å². The molecule has 0 radical (unpaired) electrons. The normalized spacial score (nSPS) is 12.9. The highest BCUT2D eigenvalue weighted by atomic mass is 16.6. The Balaban J connectivity index is 4.53. The quantitative estimate of drug-likeness (QED) is 0.0262. The van der Waals surface area contributed by atoms with Crippen LogP contribution in [0.5, 0.6) is 0 Å². The molecule has 0 aromatic heterocycles. The Morgan fingerprint density at radius 1 is 0.313 bits per heavy atom.